The second kappa shape index (κ2) is 6.75. The van der Waals surface area contributed by atoms with Crippen LogP contribution in [0.2, 0.25) is 5.28 Å². The number of aryl methyl sites for hydroxylation is 2. The second-order valence-corrected chi connectivity index (χ2v) is 6.48. The third-order valence-corrected chi connectivity index (χ3v) is 4.67. The van der Waals surface area contributed by atoms with Crippen LogP contribution in [0.3, 0.4) is 0 Å². The van der Waals surface area contributed by atoms with Crippen LogP contribution in [0.5, 0.6) is 0 Å². The zero-order valence-corrected chi connectivity index (χ0v) is 15.1. The van der Waals surface area contributed by atoms with Crippen LogP contribution in [0.25, 0.3) is 10.2 Å². The number of aromatic nitrogens is 2. The molecule has 1 N–H and O–H groups in total. The van der Waals surface area contributed by atoms with Gasteiger partial charge in [-0.05, 0) is 43.5 Å². The molecule has 0 aliphatic heterocycles. The lowest BCUT2D eigenvalue weighted by Crippen LogP contribution is -2.06. The first kappa shape index (κ1) is 16.7. The zero-order valence-electron chi connectivity index (χ0n) is 13.5. The van der Waals surface area contributed by atoms with Crippen molar-refractivity contribution >= 4 is 50.6 Å². The van der Waals surface area contributed by atoms with Gasteiger partial charge in [0.15, 0.2) is 0 Å². The molecule has 0 atom stereocenters. The third kappa shape index (κ3) is 3.07. The molecule has 24 heavy (non-hydrogen) atoms. The van der Waals surface area contributed by atoms with E-state index in [-0.39, 0.29) is 11.3 Å². The number of anilines is 2. The summed E-state index contributed by atoms with van der Waals surface area (Å²) >= 11 is 7.39. The number of carbonyl (C=O) groups is 1. The summed E-state index contributed by atoms with van der Waals surface area (Å²) in [6, 6.07) is 6.01. The zero-order chi connectivity index (χ0) is 17.3. The highest BCUT2D eigenvalue weighted by atomic mass is 35.5. The van der Waals surface area contributed by atoms with Gasteiger partial charge in [0.05, 0.1) is 17.6 Å². The second-order valence-electron chi connectivity index (χ2n) is 5.28. The molecule has 0 unspecified atom stereocenters. The van der Waals surface area contributed by atoms with Crippen molar-refractivity contribution in [3.05, 3.63) is 45.6 Å². The molecule has 0 spiro atoms. The molecule has 124 valence electrons. The van der Waals surface area contributed by atoms with Crippen LogP contribution in [-0.4, -0.2) is 22.5 Å². The highest BCUT2D eigenvalue weighted by Gasteiger charge is 2.20. The first-order valence-electron chi connectivity index (χ1n) is 7.46. The van der Waals surface area contributed by atoms with Crippen LogP contribution in [0.4, 0.5) is 11.5 Å². The summed E-state index contributed by atoms with van der Waals surface area (Å²) in [5.74, 6) is 0.117. The predicted molar refractivity (Wildman–Crippen MR) is 97.6 cm³/mol. The number of rotatable bonds is 4. The number of nitrogens with one attached hydrogen (secondary N) is 1. The number of ether oxygens (including phenoxy) is 1. The Morgan fingerprint density at radius 3 is 2.67 bits per heavy atom. The summed E-state index contributed by atoms with van der Waals surface area (Å²) in [7, 11) is 0. The molecule has 7 heteroatoms. The van der Waals surface area contributed by atoms with E-state index in [2.05, 4.69) is 15.3 Å². The van der Waals surface area contributed by atoms with Gasteiger partial charge in [0.2, 0.25) is 5.28 Å². The summed E-state index contributed by atoms with van der Waals surface area (Å²) in [4.78, 5) is 21.4. The van der Waals surface area contributed by atoms with Crippen LogP contribution in [0.15, 0.2) is 23.6 Å². The van der Waals surface area contributed by atoms with Gasteiger partial charge in [-0.3, -0.25) is 0 Å². The molecule has 0 saturated heterocycles. The van der Waals surface area contributed by atoms with E-state index in [0.29, 0.717) is 28.2 Å². The lowest BCUT2D eigenvalue weighted by Gasteiger charge is -2.13. The van der Waals surface area contributed by atoms with Gasteiger partial charge in [0.1, 0.15) is 10.6 Å². The van der Waals surface area contributed by atoms with Crippen LogP contribution in [-0.2, 0) is 4.74 Å². The highest BCUT2D eigenvalue weighted by molar-refractivity contribution is 7.17. The molecule has 0 fully saturated rings. The van der Waals surface area contributed by atoms with Crippen LogP contribution in [0, 0.1) is 13.8 Å². The molecule has 5 nitrogen and oxygen atoms in total. The van der Waals surface area contributed by atoms with Crippen molar-refractivity contribution in [3.8, 4) is 0 Å². The molecule has 0 bridgehead atoms. The Kier molecular flexibility index (Phi) is 4.69. The minimum Gasteiger partial charge on any atom is -0.462 e. The van der Waals surface area contributed by atoms with Gasteiger partial charge in [0, 0.05) is 11.1 Å². The van der Waals surface area contributed by atoms with Gasteiger partial charge < -0.3 is 10.1 Å². The Balaban J connectivity index is 2.16. The summed E-state index contributed by atoms with van der Waals surface area (Å²) in [5.41, 5.74) is 3.54. The van der Waals surface area contributed by atoms with Crippen molar-refractivity contribution in [2.45, 2.75) is 20.8 Å². The molecule has 1 aromatic carbocycles. The molecule has 2 heterocycles. The number of hydrogen-bond donors (Lipinski definition) is 1. The molecule has 0 saturated carbocycles. The third-order valence-electron chi connectivity index (χ3n) is 3.63. The minimum absolute atomic E-state index is 0.133. The van der Waals surface area contributed by atoms with Crippen molar-refractivity contribution in [2.24, 2.45) is 0 Å². The van der Waals surface area contributed by atoms with E-state index in [4.69, 9.17) is 16.3 Å². The molecule has 3 aromatic rings. The van der Waals surface area contributed by atoms with Gasteiger partial charge in [-0.25, -0.2) is 9.78 Å². The van der Waals surface area contributed by atoms with Crippen molar-refractivity contribution in [2.75, 3.05) is 11.9 Å². The van der Waals surface area contributed by atoms with Gasteiger partial charge in [0.25, 0.3) is 0 Å². The molecule has 0 amide bonds. The lowest BCUT2D eigenvalue weighted by molar-refractivity contribution is 0.0529. The number of esters is 1. The number of thiophene rings is 1. The standard InChI is InChI=1S/C17H16ClN3O2S/c1-4-23-16(22)11-8-24-15-12(11)14(20-17(18)21-15)19-13-9(2)6-5-7-10(13)3/h5-8H,4H2,1-3H3,(H,19,20,21). The summed E-state index contributed by atoms with van der Waals surface area (Å²) in [5, 5.41) is 5.80. The highest BCUT2D eigenvalue weighted by Crippen LogP contribution is 2.34. The van der Waals surface area contributed by atoms with E-state index in [9.17, 15) is 4.79 Å². The van der Waals surface area contributed by atoms with E-state index in [0.717, 1.165) is 16.8 Å². The largest absolute Gasteiger partial charge is 0.462 e. The summed E-state index contributed by atoms with van der Waals surface area (Å²) in [6.07, 6.45) is 0. The molecular formula is C17H16ClN3O2S. The van der Waals surface area contributed by atoms with Crippen molar-refractivity contribution in [3.63, 3.8) is 0 Å². The van der Waals surface area contributed by atoms with Gasteiger partial charge in [-0.1, -0.05) is 18.2 Å². The maximum absolute atomic E-state index is 12.2. The van der Waals surface area contributed by atoms with Gasteiger partial charge in [-0.15, -0.1) is 11.3 Å². The molecule has 0 radical (unpaired) electrons. The quantitative estimate of drug-likeness (QED) is 0.530. The first-order valence-corrected chi connectivity index (χ1v) is 8.72. The fourth-order valence-electron chi connectivity index (χ4n) is 2.50. The molecule has 0 aliphatic rings. The van der Waals surface area contributed by atoms with Gasteiger partial charge >= 0.3 is 5.97 Å². The van der Waals surface area contributed by atoms with Crippen molar-refractivity contribution in [1.82, 2.24) is 9.97 Å². The smallest absolute Gasteiger partial charge is 0.339 e. The topological polar surface area (TPSA) is 64.1 Å². The molecule has 2 aromatic heterocycles. The fraction of sp³-hybridized carbons (Fsp3) is 0.235. The number of nitrogens with zero attached hydrogens (tertiary/aromatic N) is 2. The SMILES string of the molecule is CCOC(=O)c1csc2nc(Cl)nc(Nc3c(C)cccc3C)c12. The normalized spacial score (nSPS) is 10.8. The van der Waals surface area contributed by atoms with Crippen LogP contribution >= 0.6 is 22.9 Å². The van der Waals surface area contributed by atoms with E-state index < -0.39 is 0 Å². The average molecular weight is 362 g/mol. The van der Waals surface area contributed by atoms with E-state index in [1.165, 1.54) is 11.3 Å². The van der Waals surface area contributed by atoms with Crippen molar-refractivity contribution in [1.29, 1.82) is 0 Å². The van der Waals surface area contributed by atoms with Crippen molar-refractivity contribution < 1.29 is 9.53 Å². The molecule has 3 rings (SSSR count). The molecular weight excluding hydrogens is 346 g/mol. The maximum atomic E-state index is 12.2. The summed E-state index contributed by atoms with van der Waals surface area (Å²) < 4.78 is 5.13. The monoisotopic (exact) mass is 361 g/mol. The number of fused-ring (bicyclic) bond motifs is 1. The Hall–Kier alpha value is -2.18. The number of carbonyl (C=O) groups excluding carboxylic acids is 1. The number of para-hydroxylation sites is 1. The molecule has 0 aliphatic carbocycles. The van der Waals surface area contributed by atoms with Crippen LogP contribution in [0.1, 0.15) is 28.4 Å². The Bertz CT molecular complexity index is 903. The van der Waals surface area contributed by atoms with Crippen LogP contribution < -0.4 is 5.32 Å². The average Bonchev–Trinajstić information content (AvgIpc) is 2.95. The Labute approximate surface area is 148 Å². The Morgan fingerprint density at radius 2 is 2.00 bits per heavy atom. The predicted octanol–water partition coefficient (Wildman–Crippen LogP) is 4.88. The number of benzene rings is 1. The Morgan fingerprint density at radius 1 is 1.29 bits per heavy atom. The van der Waals surface area contributed by atoms with E-state index in [1.807, 2.05) is 32.0 Å². The minimum atomic E-state index is -0.390. The van der Waals surface area contributed by atoms with E-state index in [1.54, 1.807) is 12.3 Å². The van der Waals surface area contributed by atoms with Gasteiger partial charge in [-0.2, -0.15) is 4.98 Å². The maximum Gasteiger partial charge on any atom is 0.339 e. The summed E-state index contributed by atoms with van der Waals surface area (Å²) in [6.45, 7) is 6.10. The number of hydrogen-bond acceptors (Lipinski definition) is 6. The first-order chi connectivity index (χ1) is 11.5. The fourth-order valence-corrected chi connectivity index (χ4v) is 3.62. The van der Waals surface area contributed by atoms with E-state index >= 15 is 0 Å². The lowest BCUT2D eigenvalue weighted by atomic mass is 10.1. The number of halogens is 1.